The molecule has 9 nitrogen and oxygen atoms in total. The first-order valence-electron chi connectivity index (χ1n) is 12.9. The summed E-state index contributed by atoms with van der Waals surface area (Å²) in [4.78, 5) is 40.6. The predicted octanol–water partition coefficient (Wildman–Crippen LogP) is 4.94. The molecule has 3 aromatic rings. The maximum atomic E-state index is 13.2. The number of aliphatic hydroxyl groups excluding tert-OH is 1. The summed E-state index contributed by atoms with van der Waals surface area (Å²) in [7, 11) is 0. The lowest BCUT2D eigenvalue weighted by atomic mass is 9.95. The summed E-state index contributed by atoms with van der Waals surface area (Å²) in [5.74, 6) is -1.23. The zero-order valence-electron chi connectivity index (χ0n) is 21.9. The normalized spacial score (nSPS) is 16.6. The van der Waals surface area contributed by atoms with Gasteiger partial charge < -0.3 is 19.6 Å². The van der Waals surface area contributed by atoms with Crippen LogP contribution in [0.4, 0.5) is 5.69 Å². The zero-order valence-corrected chi connectivity index (χ0v) is 21.9. The maximum absolute atomic E-state index is 13.2. The summed E-state index contributed by atoms with van der Waals surface area (Å²) in [6, 6.07) is 21.2. The van der Waals surface area contributed by atoms with E-state index in [4.69, 9.17) is 4.74 Å². The first kappa shape index (κ1) is 27.5. The molecule has 0 saturated carbocycles. The quantitative estimate of drug-likeness (QED) is 0.123. The fourth-order valence-electron chi connectivity index (χ4n) is 4.63. The average Bonchev–Trinajstić information content (AvgIpc) is 3.22. The van der Waals surface area contributed by atoms with Crippen LogP contribution in [0.3, 0.4) is 0 Å². The van der Waals surface area contributed by atoms with Crippen molar-refractivity contribution in [3.63, 3.8) is 0 Å². The van der Waals surface area contributed by atoms with Gasteiger partial charge in [-0.3, -0.25) is 19.7 Å². The number of ether oxygens (including phenoxy) is 1. The number of rotatable bonds is 11. The number of non-ortho nitro benzene ring substituents is 1. The fraction of sp³-hybridized carbons (Fsp3) is 0.267. The highest BCUT2D eigenvalue weighted by molar-refractivity contribution is 6.46. The van der Waals surface area contributed by atoms with Crippen molar-refractivity contribution in [1.82, 2.24) is 9.80 Å². The number of nitrogens with zero attached hydrogens (tertiary/aromatic N) is 3. The molecular formula is C30H31N3O6. The number of Topliss-reactive ketones (excluding diaryl/α,β-unsaturated/α-hetero) is 1. The molecule has 1 amide bonds. The van der Waals surface area contributed by atoms with Crippen molar-refractivity contribution in [3.8, 4) is 5.75 Å². The average molecular weight is 530 g/mol. The number of ketones is 1. The van der Waals surface area contributed by atoms with Gasteiger partial charge in [-0.25, -0.2) is 0 Å². The van der Waals surface area contributed by atoms with E-state index in [1.807, 2.05) is 44.2 Å². The van der Waals surface area contributed by atoms with E-state index in [0.717, 1.165) is 18.7 Å². The molecule has 1 heterocycles. The van der Waals surface area contributed by atoms with Gasteiger partial charge in [0.2, 0.25) is 0 Å². The zero-order chi connectivity index (χ0) is 27.9. The van der Waals surface area contributed by atoms with E-state index < -0.39 is 22.7 Å². The van der Waals surface area contributed by atoms with Crippen LogP contribution in [-0.4, -0.2) is 57.7 Å². The monoisotopic (exact) mass is 529 g/mol. The summed E-state index contributed by atoms with van der Waals surface area (Å²) in [6.07, 6.45) is 0. The smallest absolute Gasteiger partial charge is 0.295 e. The minimum absolute atomic E-state index is 0.0497. The number of nitro benzene ring substituents is 1. The molecule has 0 aromatic heterocycles. The lowest BCUT2D eigenvalue weighted by molar-refractivity contribution is -0.384. The Morgan fingerprint density at radius 3 is 2.21 bits per heavy atom. The number of hydrogen-bond acceptors (Lipinski definition) is 7. The standard InChI is InChI=1S/C30H31N3O6/c1-3-31(4-2)18-19-32-27(22-10-14-24(15-11-22)33(37)38)26(29(35)30(32)36)28(34)23-12-16-25(17-13-23)39-20-21-8-6-5-7-9-21/h5-17,27,34H,3-4,18-20H2,1-2H3/b28-26+. The number of benzene rings is 3. The summed E-state index contributed by atoms with van der Waals surface area (Å²) in [5.41, 5.74) is 1.72. The van der Waals surface area contributed by atoms with Gasteiger partial charge in [0.15, 0.2) is 0 Å². The van der Waals surface area contributed by atoms with E-state index in [1.165, 1.54) is 29.2 Å². The largest absolute Gasteiger partial charge is 0.507 e. The number of hydrogen-bond donors (Lipinski definition) is 1. The fourth-order valence-corrected chi connectivity index (χ4v) is 4.63. The Morgan fingerprint density at radius 2 is 1.62 bits per heavy atom. The second kappa shape index (κ2) is 12.4. The number of likely N-dealkylation sites (tertiary alicyclic amines) is 1. The number of carbonyl (C=O) groups is 2. The molecule has 1 aliphatic rings. The Labute approximate surface area is 227 Å². The molecule has 1 atom stereocenters. The van der Waals surface area contributed by atoms with Crippen molar-refractivity contribution in [1.29, 1.82) is 0 Å². The molecule has 1 aliphatic heterocycles. The minimum atomic E-state index is -0.879. The summed E-state index contributed by atoms with van der Waals surface area (Å²) in [5, 5.41) is 22.5. The van der Waals surface area contributed by atoms with Crippen LogP contribution in [0.1, 0.15) is 36.6 Å². The number of amides is 1. The first-order chi connectivity index (χ1) is 18.8. The molecule has 3 aromatic carbocycles. The molecule has 1 unspecified atom stereocenters. The van der Waals surface area contributed by atoms with Gasteiger partial charge in [-0.05, 0) is 60.6 Å². The van der Waals surface area contributed by atoms with Crippen molar-refractivity contribution < 1.29 is 24.4 Å². The lowest BCUT2D eigenvalue weighted by Gasteiger charge is -2.28. The van der Waals surface area contributed by atoms with Gasteiger partial charge in [-0.2, -0.15) is 0 Å². The van der Waals surface area contributed by atoms with Crippen LogP contribution >= 0.6 is 0 Å². The van der Waals surface area contributed by atoms with Crippen LogP contribution in [-0.2, 0) is 16.2 Å². The van der Waals surface area contributed by atoms with Gasteiger partial charge in [-0.15, -0.1) is 0 Å². The van der Waals surface area contributed by atoms with E-state index in [1.54, 1.807) is 24.3 Å². The van der Waals surface area contributed by atoms with E-state index >= 15 is 0 Å². The number of likely N-dealkylation sites (N-methyl/N-ethyl adjacent to an activating group) is 1. The SMILES string of the molecule is CCN(CC)CCN1C(=O)C(=O)/C(=C(/O)c2ccc(OCc3ccccc3)cc2)C1c1ccc([N+](=O)[O-])cc1. The molecule has 202 valence electrons. The molecule has 1 N–H and O–H groups in total. The molecule has 0 spiro atoms. The Kier molecular flexibility index (Phi) is 8.73. The number of aliphatic hydroxyl groups is 1. The van der Waals surface area contributed by atoms with Crippen molar-refractivity contribution in [3.05, 3.63) is 111 Å². The van der Waals surface area contributed by atoms with Gasteiger partial charge >= 0.3 is 0 Å². The van der Waals surface area contributed by atoms with E-state index in [9.17, 15) is 24.8 Å². The van der Waals surface area contributed by atoms with E-state index in [0.29, 0.717) is 30.0 Å². The van der Waals surface area contributed by atoms with Crippen molar-refractivity contribution in [2.75, 3.05) is 26.2 Å². The summed E-state index contributed by atoms with van der Waals surface area (Å²) >= 11 is 0. The molecule has 39 heavy (non-hydrogen) atoms. The van der Waals surface area contributed by atoms with E-state index in [-0.39, 0.29) is 23.6 Å². The van der Waals surface area contributed by atoms with Gasteiger partial charge in [0.05, 0.1) is 16.5 Å². The predicted molar refractivity (Wildman–Crippen MR) is 147 cm³/mol. The first-order valence-corrected chi connectivity index (χ1v) is 12.9. The van der Waals surface area contributed by atoms with Crippen LogP contribution in [0.15, 0.2) is 84.4 Å². The van der Waals surface area contributed by atoms with Crippen molar-refractivity contribution >= 4 is 23.1 Å². The topological polar surface area (TPSA) is 113 Å². The van der Waals surface area contributed by atoms with Crippen molar-refractivity contribution in [2.45, 2.75) is 26.5 Å². The molecule has 4 rings (SSSR count). The molecule has 0 bridgehead atoms. The second-order valence-corrected chi connectivity index (χ2v) is 9.17. The highest BCUT2D eigenvalue weighted by Crippen LogP contribution is 2.40. The highest BCUT2D eigenvalue weighted by atomic mass is 16.6. The second-order valence-electron chi connectivity index (χ2n) is 9.17. The Bertz CT molecular complexity index is 1350. The van der Waals surface area contributed by atoms with Crippen LogP contribution in [0, 0.1) is 10.1 Å². The Balaban J connectivity index is 1.66. The summed E-state index contributed by atoms with van der Waals surface area (Å²) in [6.45, 7) is 6.76. The molecule has 1 fully saturated rings. The molecule has 9 heteroatoms. The molecule has 0 radical (unpaired) electrons. The van der Waals surface area contributed by atoms with E-state index in [2.05, 4.69) is 4.90 Å². The summed E-state index contributed by atoms with van der Waals surface area (Å²) < 4.78 is 5.82. The van der Waals surface area contributed by atoms with Gasteiger partial charge in [-0.1, -0.05) is 44.2 Å². The molecular weight excluding hydrogens is 498 g/mol. The molecule has 0 aliphatic carbocycles. The van der Waals surface area contributed by atoms with Crippen LogP contribution in [0.25, 0.3) is 5.76 Å². The Morgan fingerprint density at radius 1 is 0.974 bits per heavy atom. The number of nitro groups is 1. The van der Waals surface area contributed by atoms with Gasteiger partial charge in [0, 0.05) is 30.8 Å². The molecule has 1 saturated heterocycles. The van der Waals surface area contributed by atoms with Crippen molar-refractivity contribution in [2.24, 2.45) is 0 Å². The van der Waals surface area contributed by atoms with Crippen LogP contribution < -0.4 is 4.74 Å². The highest BCUT2D eigenvalue weighted by Gasteiger charge is 2.46. The van der Waals surface area contributed by atoms with Crippen LogP contribution in [0.5, 0.6) is 5.75 Å². The lowest BCUT2D eigenvalue weighted by Crippen LogP contribution is -2.38. The van der Waals surface area contributed by atoms with Crippen LogP contribution in [0.2, 0.25) is 0 Å². The third-order valence-corrected chi connectivity index (χ3v) is 6.89. The van der Waals surface area contributed by atoms with Gasteiger partial charge in [0.1, 0.15) is 18.1 Å². The third kappa shape index (κ3) is 6.15. The Hall–Kier alpha value is -4.50. The third-order valence-electron chi connectivity index (χ3n) is 6.89. The van der Waals surface area contributed by atoms with Gasteiger partial charge in [0.25, 0.3) is 17.4 Å². The maximum Gasteiger partial charge on any atom is 0.295 e. The number of carbonyl (C=O) groups excluding carboxylic acids is 2. The minimum Gasteiger partial charge on any atom is -0.507 e.